The van der Waals surface area contributed by atoms with Crippen molar-refractivity contribution in [3.8, 4) is 0 Å². The number of hydrogen-bond acceptors (Lipinski definition) is 5. The molecule has 0 atom stereocenters. The van der Waals surface area contributed by atoms with Crippen LogP contribution < -0.4 is 5.32 Å². The van der Waals surface area contributed by atoms with Crippen molar-refractivity contribution in [1.29, 1.82) is 0 Å². The lowest BCUT2D eigenvalue weighted by Crippen LogP contribution is -2.13. The van der Waals surface area contributed by atoms with E-state index in [0.29, 0.717) is 6.08 Å². The summed E-state index contributed by atoms with van der Waals surface area (Å²) in [6.45, 7) is 0. The van der Waals surface area contributed by atoms with Gasteiger partial charge in [-0.1, -0.05) is 12.1 Å². The number of nitrogens with zero attached hydrogens (tertiary/aromatic N) is 1. The van der Waals surface area contributed by atoms with Gasteiger partial charge >= 0.3 is 11.9 Å². The Kier molecular flexibility index (Phi) is 3.98. The quantitative estimate of drug-likeness (QED) is 0.405. The van der Waals surface area contributed by atoms with Crippen LogP contribution in [0.25, 0.3) is 0 Å². The molecule has 0 heterocycles. The van der Waals surface area contributed by atoms with E-state index in [4.69, 9.17) is 10.2 Å². The smallest absolute Gasteiger partial charge is 0.352 e. The van der Waals surface area contributed by atoms with Gasteiger partial charge in [0.25, 0.3) is 5.69 Å². The number of carboxylic acid groups (broad SMARTS) is 2. The van der Waals surface area contributed by atoms with Crippen molar-refractivity contribution in [3.05, 3.63) is 46.2 Å². The molecule has 0 aliphatic carbocycles. The molecule has 1 aromatic rings. The molecule has 0 aliphatic rings. The minimum atomic E-state index is -1.53. The highest BCUT2D eigenvalue weighted by atomic mass is 16.6. The Morgan fingerprint density at radius 2 is 1.89 bits per heavy atom. The Hall–Kier alpha value is -2.90. The Morgan fingerprint density at radius 3 is 2.39 bits per heavy atom. The van der Waals surface area contributed by atoms with Crippen LogP contribution in [0.3, 0.4) is 0 Å². The van der Waals surface area contributed by atoms with Crippen LogP contribution in [0.1, 0.15) is 0 Å². The van der Waals surface area contributed by atoms with Gasteiger partial charge in [-0.05, 0) is 6.07 Å². The standard InChI is InChI=1S/C10H8N2O6/c13-9(14)5-7(10(15)16)11-6-3-1-2-4-8(6)12(17)18/h1-5,11H,(H,13,14)(H,15,16). The van der Waals surface area contributed by atoms with Gasteiger partial charge in [-0.2, -0.15) is 0 Å². The van der Waals surface area contributed by atoms with Crippen LogP contribution >= 0.6 is 0 Å². The lowest BCUT2D eigenvalue weighted by molar-refractivity contribution is -0.383. The lowest BCUT2D eigenvalue weighted by atomic mass is 10.2. The molecule has 0 radical (unpaired) electrons. The normalized spacial score (nSPS) is 10.8. The highest BCUT2D eigenvalue weighted by Gasteiger charge is 2.16. The Morgan fingerprint density at radius 1 is 1.28 bits per heavy atom. The molecule has 0 fully saturated rings. The Balaban J connectivity index is 3.13. The average Bonchev–Trinajstić information content (AvgIpc) is 2.27. The monoisotopic (exact) mass is 252 g/mol. The van der Waals surface area contributed by atoms with Gasteiger partial charge < -0.3 is 15.5 Å². The van der Waals surface area contributed by atoms with E-state index in [9.17, 15) is 19.7 Å². The second kappa shape index (κ2) is 5.43. The molecule has 0 unspecified atom stereocenters. The molecule has 0 amide bonds. The van der Waals surface area contributed by atoms with Crippen molar-refractivity contribution in [1.82, 2.24) is 0 Å². The van der Waals surface area contributed by atoms with Gasteiger partial charge in [-0.3, -0.25) is 10.1 Å². The number of para-hydroxylation sites is 2. The predicted octanol–water partition coefficient (Wildman–Crippen LogP) is 1.06. The van der Waals surface area contributed by atoms with Gasteiger partial charge in [-0.25, -0.2) is 9.59 Å². The maximum atomic E-state index is 10.8. The molecule has 1 rings (SSSR count). The van der Waals surface area contributed by atoms with E-state index in [1.54, 1.807) is 0 Å². The zero-order valence-corrected chi connectivity index (χ0v) is 8.86. The highest BCUT2D eigenvalue weighted by Crippen LogP contribution is 2.24. The minimum absolute atomic E-state index is 0.0996. The number of nitro benzene ring substituents is 1. The van der Waals surface area contributed by atoms with E-state index in [-0.39, 0.29) is 11.4 Å². The van der Waals surface area contributed by atoms with E-state index in [1.807, 2.05) is 0 Å². The third kappa shape index (κ3) is 3.30. The number of nitro groups is 1. The molecule has 0 spiro atoms. The second-order valence-corrected chi connectivity index (χ2v) is 3.10. The number of anilines is 1. The van der Waals surface area contributed by atoms with Crippen LogP contribution in [0.4, 0.5) is 11.4 Å². The zero-order valence-electron chi connectivity index (χ0n) is 8.86. The fourth-order valence-electron chi connectivity index (χ4n) is 1.16. The Bertz CT molecular complexity index is 537. The molecule has 0 aromatic heterocycles. The van der Waals surface area contributed by atoms with Gasteiger partial charge in [0, 0.05) is 6.07 Å². The number of aliphatic carboxylic acids is 2. The van der Waals surface area contributed by atoms with Crippen LogP contribution in [0.5, 0.6) is 0 Å². The summed E-state index contributed by atoms with van der Waals surface area (Å²) < 4.78 is 0. The van der Waals surface area contributed by atoms with Crippen LogP contribution in [-0.4, -0.2) is 27.1 Å². The molecular weight excluding hydrogens is 244 g/mol. The van der Waals surface area contributed by atoms with Gasteiger partial charge in [0.1, 0.15) is 11.4 Å². The third-order valence-corrected chi connectivity index (χ3v) is 1.87. The summed E-state index contributed by atoms with van der Waals surface area (Å²) in [5, 5.41) is 30.1. The zero-order chi connectivity index (χ0) is 13.7. The first-order chi connectivity index (χ1) is 8.41. The van der Waals surface area contributed by atoms with E-state index in [2.05, 4.69) is 5.32 Å². The maximum Gasteiger partial charge on any atom is 0.352 e. The van der Waals surface area contributed by atoms with Gasteiger partial charge in [0.15, 0.2) is 0 Å². The van der Waals surface area contributed by atoms with Crippen LogP contribution in [-0.2, 0) is 9.59 Å². The predicted molar refractivity (Wildman–Crippen MR) is 60.1 cm³/mol. The molecule has 0 saturated carbocycles. The molecule has 0 bridgehead atoms. The van der Waals surface area contributed by atoms with Crippen molar-refractivity contribution < 1.29 is 24.7 Å². The minimum Gasteiger partial charge on any atom is -0.478 e. The van der Waals surface area contributed by atoms with Crippen molar-refractivity contribution >= 4 is 23.3 Å². The first kappa shape index (κ1) is 13.2. The van der Waals surface area contributed by atoms with Crippen LogP contribution in [0.15, 0.2) is 36.0 Å². The Labute approximate surface area is 100 Å². The summed E-state index contributed by atoms with van der Waals surface area (Å²) in [6, 6.07) is 5.31. The molecule has 94 valence electrons. The molecule has 8 nitrogen and oxygen atoms in total. The summed E-state index contributed by atoms with van der Waals surface area (Å²) in [6.07, 6.45) is 0.416. The second-order valence-electron chi connectivity index (χ2n) is 3.10. The summed E-state index contributed by atoms with van der Waals surface area (Å²) in [7, 11) is 0. The number of benzene rings is 1. The molecule has 3 N–H and O–H groups in total. The first-order valence-corrected chi connectivity index (χ1v) is 4.60. The molecule has 0 saturated heterocycles. The SMILES string of the molecule is O=C(O)C=C(Nc1ccccc1[N+](=O)[O-])C(=O)O. The molecule has 18 heavy (non-hydrogen) atoms. The van der Waals surface area contributed by atoms with E-state index in [1.165, 1.54) is 24.3 Å². The van der Waals surface area contributed by atoms with Gasteiger partial charge in [0.2, 0.25) is 0 Å². The molecular formula is C10H8N2O6. The van der Waals surface area contributed by atoms with Crippen molar-refractivity contribution in [3.63, 3.8) is 0 Å². The highest BCUT2D eigenvalue weighted by molar-refractivity contribution is 5.97. The fourth-order valence-corrected chi connectivity index (χ4v) is 1.16. The largest absolute Gasteiger partial charge is 0.478 e. The number of nitrogens with one attached hydrogen (secondary N) is 1. The lowest BCUT2D eigenvalue weighted by Gasteiger charge is -2.06. The number of carbonyl (C=O) groups is 2. The molecule has 1 aromatic carbocycles. The van der Waals surface area contributed by atoms with Crippen molar-refractivity contribution in [2.24, 2.45) is 0 Å². The van der Waals surface area contributed by atoms with E-state index in [0.717, 1.165) is 0 Å². The fraction of sp³-hybridized carbons (Fsp3) is 0. The number of rotatable bonds is 5. The summed E-state index contributed by atoms with van der Waals surface area (Å²) in [5.74, 6) is -3.01. The first-order valence-electron chi connectivity index (χ1n) is 4.60. The molecule has 0 aliphatic heterocycles. The molecule has 8 heteroatoms. The third-order valence-electron chi connectivity index (χ3n) is 1.87. The topological polar surface area (TPSA) is 130 Å². The van der Waals surface area contributed by atoms with Crippen LogP contribution in [0.2, 0.25) is 0 Å². The van der Waals surface area contributed by atoms with E-state index < -0.39 is 22.6 Å². The average molecular weight is 252 g/mol. The summed E-state index contributed by atoms with van der Waals surface area (Å²) in [5.41, 5.74) is -1.12. The maximum absolute atomic E-state index is 10.8. The number of hydrogen-bond donors (Lipinski definition) is 3. The van der Waals surface area contributed by atoms with E-state index >= 15 is 0 Å². The van der Waals surface area contributed by atoms with Crippen molar-refractivity contribution in [2.75, 3.05) is 5.32 Å². The van der Waals surface area contributed by atoms with Crippen molar-refractivity contribution in [2.45, 2.75) is 0 Å². The van der Waals surface area contributed by atoms with Crippen LogP contribution in [0, 0.1) is 10.1 Å². The van der Waals surface area contributed by atoms with Gasteiger partial charge in [0.05, 0.1) is 11.0 Å². The number of carboxylic acids is 2. The van der Waals surface area contributed by atoms with Gasteiger partial charge in [-0.15, -0.1) is 0 Å². The summed E-state index contributed by atoms with van der Waals surface area (Å²) in [4.78, 5) is 31.1. The summed E-state index contributed by atoms with van der Waals surface area (Å²) >= 11 is 0.